The smallest absolute Gasteiger partial charge is 0.333 e. The number of carboxylic acid groups (broad SMARTS) is 1. The second kappa shape index (κ2) is 27.2. The van der Waals surface area contributed by atoms with Crippen molar-refractivity contribution in [2.75, 3.05) is 26.4 Å². The average molecular weight is 765 g/mol. The van der Waals surface area contributed by atoms with Gasteiger partial charge in [-0.2, -0.15) is 0 Å². The summed E-state index contributed by atoms with van der Waals surface area (Å²) in [5.74, 6) is -2.39. The Bertz CT molecular complexity index is 1320. The number of rotatable bonds is 18. The average Bonchev–Trinajstić information content (AvgIpc) is 3.14. The normalized spacial score (nSPS) is 10.9. The summed E-state index contributed by atoms with van der Waals surface area (Å²) in [6.45, 7) is 31.1. The predicted molar refractivity (Wildman–Crippen MR) is 209 cm³/mol. The summed E-state index contributed by atoms with van der Waals surface area (Å²) in [6, 6.07) is 9.72. The lowest BCUT2D eigenvalue weighted by molar-refractivity contribution is -0.158. The van der Waals surface area contributed by atoms with E-state index in [0.29, 0.717) is 31.4 Å². The number of hydrogen-bond donors (Lipinski definition) is 1. The summed E-state index contributed by atoms with van der Waals surface area (Å²) < 4.78 is 24.6. The zero-order valence-corrected chi connectivity index (χ0v) is 35.2. The van der Waals surface area contributed by atoms with E-state index < -0.39 is 34.2 Å². The maximum Gasteiger partial charge on any atom is 0.333 e. The molecule has 0 unspecified atom stereocenters. The van der Waals surface area contributed by atoms with E-state index in [1.165, 1.54) is 0 Å². The summed E-state index contributed by atoms with van der Waals surface area (Å²) in [5.41, 5.74) is -0.534. The summed E-state index contributed by atoms with van der Waals surface area (Å²) in [5, 5.41) is 8.44. The van der Waals surface area contributed by atoms with Gasteiger partial charge >= 0.3 is 35.8 Å². The second-order valence-corrected chi connectivity index (χ2v) is 14.9. The molecule has 0 fully saturated rings. The first-order valence-corrected chi connectivity index (χ1v) is 18.2. The molecule has 12 nitrogen and oxygen atoms in total. The highest BCUT2D eigenvalue weighted by Crippen LogP contribution is 2.23. The Hall–Kier alpha value is -4.48. The number of aliphatic carboxylic acids is 1. The maximum absolute atomic E-state index is 11.6. The minimum atomic E-state index is -0.722. The third kappa shape index (κ3) is 24.7. The van der Waals surface area contributed by atoms with Gasteiger partial charge in [0.25, 0.3) is 0 Å². The van der Waals surface area contributed by atoms with Crippen molar-refractivity contribution in [3.05, 3.63) is 60.7 Å². The number of ether oxygens (including phenoxy) is 5. The molecule has 0 saturated carbocycles. The van der Waals surface area contributed by atoms with E-state index in [1.54, 1.807) is 20.8 Å². The van der Waals surface area contributed by atoms with Gasteiger partial charge in [0.1, 0.15) is 33.0 Å². The molecule has 308 valence electrons. The summed E-state index contributed by atoms with van der Waals surface area (Å²) in [7, 11) is 0. The molecule has 0 aromatic heterocycles. The van der Waals surface area contributed by atoms with Crippen molar-refractivity contribution in [3.8, 4) is 0 Å². The molecule has 0 amide bonds. The van der Waals surface area contributed by atoms with Crippen LogP contribution in [-0.4, -0.2) is 67.3 Å². The van der Waals surface area contributed by atoms with Crippen molar-refractivity contribution in [2.45, 2.75) is 122 Å². The minimum Gasteiger partial charge on any atom is -0.481 e. The molecule has 54 heavy (non-hydrogen) atoms. The lowest BCUT2D eigenvalue weighted by Crippen LogP contribution is -2.27. The van der Waals surface area contributed by atoms with Gasteiger partial charge in [0.2, 0.25) is 0 Å². The van der Waals surface area contributed by atoms with Gasteiger partial charge < -0.3 is 28.8 Å². The molecule has 1 aromatic carbocycles. The molecule has 0 heterocycles. The van der Waals surface area contributed by atoms with E-state index in [9.17, 15) is 28.8 Å². The standard InChI is InChI=1S/C13H18O2.C12H20O4.C11H18O4.C6H12O2/c1-4-13(2,3)12(14)15-10-11-8-6-5-7-9-11;1-6-12(4,5)11(14)16-8-7-15-10(13)9(2)3;1-5-9(12)14-7-8-15-10(13)11(3,4)6-2;1-4-6(2,3)5(7)8/h5-9H,4,10H2,1-3H3;2,6-8H2,1,3-5H3;5H,1,6-8H2,2-4H3;4H2,1-3H3,(H,7,8). The van der Waals surface area contributed by atoms with Gasteiger partial charge in [-0.05, 0) is 93.6 Å². The fourth-order valence-corrected chi connectivity index (χ4v) is 2.62. The molecule has 1 aromatic rings. The van der Waals surface area contributed by atoms with E-state index in [2.05, 4.69) is 17.9 Å². The van der Waals surface area contributed by atoms with Crippen molar-refractivity contribution in [1.82, 2.24) is 0 Å². The first kappa shape index (κ1) is 53.9. The highest BCUT2D eigenvalue weighted by Gasteiger charge is 2.28. The van der Waals surface area contributed by atoms with Crippen molar-refractivity contribution < 1.29 is 57.6 Å². The van der Waals surface area contributed by atoms with E-state index in [0.717, 1.165) is 18.1 Å². The summed E-state index contributed by atoms with van der Waals surface area (Å²) in [4.78, 5) is 66.4. The van der Waals surface area contributed by atoms with Crippen molar-refractivity contribution in [1.29, 1.82) is 0 Å². The van der Waals surface area contributed by atoms with E-state index in [4.69, 9.17) is 24.1 Å². The van der Waals surface area contributed by atoms with E-state index in [1.807, 2.05) is 99.6 Å². The Morgan fingerprint density at radius 2 is 0.944 bits per heavy atom. The minimum absolute atomic E-state index is 0.0659. The number of carbonyl (C=O) groups is 6. The fourth-order valence-electron chi connectivity index (χ4n) is 2.62. The lowest BCUT2D eigenvalue weighted by atomic mass is 9.91. The molecule has 1 N–H and O–H groups in total. The van der Waals surface area contributed by atoms with Crippen LogP contribution in [0.15, 0.2) is 55.1 Å². The molecule has 0 aliphatic heterocycles. The number of hydrogen-bond acceptors (Lipinski definition) is 11. The van der Waals surface area contributed by atoms with Crippen molar-refractivity contribution >= 4 is 35.8 Å². The second-order valence-electron chi connectivity index (χ2n) is 14.9. The molecule has 12 heteroatoms. The lowest BCUT2D eigenvalue weighted by Gasteiger charge is -2.20. The summed E-state index contributed by atoms with van der Waals surface area (Å²) >= 11 is 0. The molecule has 0 aliphatic rings. The SMILES string of the molecule is C=C(C)C(=O)OCCOC(=O)C(C)(C)CC.C=CC(=O)OCCOC(=O)C(C)(C)CC.CCC(C)(C)C(=O)O.CCC(C)(C)C(=O)OCc1ccccc1. The van der Waals surface area contributed by atoms with Crippen LogP contribution in [0.25, 0.3) is 0 Å². The van der Waals surface area contributed by atoms with Crippen molar-refractivity contribution in [2.24, 2.45) is 21.7 Å². The van der Waals surface area contributed by atoms with Gasteiger partial charge in [0.05, 0.1) is 21.7 Å². The third-order valence-electron chi connectivity index (χ3n) is 8.61. The Kier molecular flexibility index (Phi) is 27.1. The van der Waals surface area contributed by atoms with Crippen LogP contribution in [0.5, 0.6) is 0 Å². The topological polar surface area (TPSA) is 169 Å². The highest BCUT2D eigenvalue weighted by molar-refractivity contribution is 5.87. The van der Waals surface area contributed by atoms with Crippen LogP contribution < -0.4 is 0 Å². The predicted octanol–water partition coefficient (Wildman–Crippen LogP) is 8.45. The molecular formula is C42H68O12. The van der Waals surface area contributed by atoms with Gasteiger partial charge in [0.15, 0.2) is 0 Å². The highest BCUT2D eigenvalue weighted by atomic mass is 16.6. The number of benzene rings is 1. The van der Waals surface area contributed by atoms with Gasteiger partial charge in [-0.15, -0.1) is 0 Å². The van der Waals surface area contributed by atoms with Crippen LogP contribution in [0.1, 0.15) is 121 Å². The third-order valence-corrected chi connectivity index (χ3v) is 8.61. The van der Waals surface area contributed by atoms with E-state index >= 15 is 0 Å². The van der Waals surface area contributed by atoms with Crippen LogP contribution in [-0.2, 0) is 59.1 Å². The Morgan fingerprint density at radius 1 is 0.593 bits per heavy atom. The van der Waals surface area contributed by atoms with Crippen LogP contribution >= 0.6 is 0 Å². The number of carbonyl (C=O) groups excluding carboxylic acids is 5. The van der Waals surface area contributed by atoms with Gasteiger partial charge in [-0.1, -0.05) is 71.2 Å². The van der Waals surface area contributed by atoms with Crippen LogP contribution in [0.3, 0.4) is 0 Å². The number of carboxylic acids is 1. The molecule has 0 aliphatic carbocycles. The molecule has 0 bridgehead atoms. The molecule has 0 atom stereocenters. The van der Waals surface area contributed by atoms with Crippen LogP contribution in [0, 0.1) is 21.7 Å². The monoisotopic (exact) mass is 764 g/mol. The molecule has 0 radical (unpaired) electrons. The molecule has 0 spiro atoms. The number of esters is 5. The Labute approximate surface area is 324 Å². The largest absolute Gasteiger partial charge is 0.481 e. The zero-order valence-electron chi connectivity index (χ0n) is 35.2. The van der Waals surface area contributed by atoms with Gasteiger partial charge in [-0.25, -0.2) is 9.59 Å². The first-order valence-electron chi connectivity index (χ1n) is 18.2. The molecule has 1 rings (SSSR count). The quantitative estimate of drug-likeness (QED) is 0.0656. The molecular weight excluding hydrogens is 696 g/mol. The molecule has 0 saturated heterocycles. The first-order chi connectivity index (χ1) is 24.8. The fraction of sp³-hybridized carbons (Fsp3) is 0.619. The Morgan fingerprint density at radius 3 is 1.26 bits per heavy atom. The zero-order chi connectivity index (χ0) is 42.8. The maximum atomic E-state index is 11.6. The van der Waals surface area contributed by atoms with Crippen LogP contribution in [0.4, 0.5) is 0 Å². The van der Waals surface area contributed by atoms with Crippen LogP contribution in [0.2, 0.25) is 0 Å². The van der Waals surface area contributed by atoms with Gasteiger partial charge in [0, 0.05) is 11.6 Å². The van der Waals surface area contributed by atoms with Crippen molar-refractivity contribution in [3.63, 3.8) is 0 Å². The Balaban J connectivity index is -0.000000658. The van der Waals surface area contributed by atoms with Gasteiger partial charge in [-0.3, -0.25) is 19.2 Å². The van der Waals surface area contributed by atoms with E-state index in [-0.39, 0.29) is 49.8 Å². The summed E-state index contributed by atoms with van der Waals surface area (Å²) in [6.07, 6.45) is 3.95.